The molecule has 0 fully saturated rings. The second-order valence-electron chi connectivity index (χ2n) is 10.2. The maximum Gasteiger partial charge on any atom is 0.0716 e. The van der Waals surface area contributed by atoms with Crippen molar-refractivity contribution in [3.8, 4) is 22.3 Å². The Hall–Kier alpha value is -4.24. The molecule has 0 unspecified atom stereocenters. The van der Waals surface area contributed by atoms with Gasteiger partial charge >= 0.3 is 0 Å². The number of hydrogen-bond acceptors (Lipinski definition) is 3. The number of anilines is 3. The first kappa shape index (κ1) is 18.1. The first-order valence-electron chi connectivity index (χ1n) is 12.4. The summed E-state index contributed by atoms with van der Waals surface area (Å²) in [6.45, 7) is 0. The largest absolute Gasteiger partial charge is 0.306 e. The fourth-order valence-electron chi connectivity index (χ4n) is 7.05. The van der Waals surface area contributed by atoms with E-state index < -0.39 is 0 Å². The molecule has 5 aromatic rings. The van der Waals surface area contributed by atoms with Crippen molar-refractivity contribution in [1.82, 2.24) is 9.97 Å². The summed E-state index contributed by atoms with van der Waals surface area (Å²) in [6.07, 6.45) is 9.79. The summed E-state index contributed by atoms with van der Waals surface area (Å²) in [5.74, 6) is 0. The van der Waals surface area contributed by atoms with E-state index in [1.54, 1.807) is 0 Å². The molecule has 0 bridgehead atoms. The molecule has 164 valence electrons. The summed E-state index contributed by atoms with van der Waals surface area (Å²) < 4.78 is 0. The number of nitrogens with zero attached hydrogens (tertiary/aromatic N) is 3. The van der Waals surface area contributed by atoms with Gasteiger partial charge in [0.05, 0.1) is 29.0 Å². The van der Waals surface area contributed by atoms with Crippen LogP contribution in [0, 0.1) is 0 Å². The van der Waals surface area contributed by atoms with Gasteiger partial charge in [-0.25, -0.2) is 0 Å². The van der Waals surface area contributed by atoms with Gasteiger partial charge in [-0.3, -0.25) is 9.97 Å². The highest BCUT2D eigenvalue weighted by Crippen LogP contribution is 2.55. The van der Waals surface area contributed by atoms with E-state index in [0.717, 1.165) is 25.7 Å². The molecule has 4 heterocycles. The zero-order valence-electron chi connectivity index (χ0n) is 19.2. The third-order valence-electron chi connectivity index (χ3n) is 8.48. The second-order valence-corrected chi connectivity index (χ2v) is 10.2. The zero-order chi connectivity index (χ0) is 22.7. The van der Waals surface area contributed by atoms with Gasteiger partial charge in [-0.05, 0) is 92.2 Å². The Morgan fingerprint density at radius 3 is 2.37 bits per heavy atom. The van der Waals surface area contributed by atoms with E-state index in [1.807, 2.05) is 18.6 Å². The summed E-state index contributed by atoms with van der Waals surface area (Å²) in [4.78, 5) is 11.8. The molecule has 0 N–H and O–H groups in total. The van der Waals surface area contributed by atoms with Crippen LogP contribution >= 0.6 is 0 Å². The highest BCUT2D eigenvalue weighted by Gasteiger charge is 2.37. The van der Waals surface area contributed by atoms with Crippen LogP contribution in [0.4, 0.5) is 17.1 Å². The maximum absolute atomic E-state index is 4.80. The van der Waals surface area contributed by atoms with E-state index in [1.165, 1.54) is 84.0 Å². The van der Waals surface area contributed by atoms with Gasteiger partial charge in [-0.1, -0.05) is 42.5 Å². The third kappa shape index (κ3) is 2.21. The van der Waals surface area contributed by atoms with Crippen molar-refractivity contribution in [2.45, 2.75) is 25.7 Å². The molecule has 4 aliphatic rings. The van der Waals surface area contributed by atoms with E-state index in [2.05, 4.69) is 70.5 Å². The third-order valence-corrected chi connectivity index (χ3v) is 8.48. The van der Waals surface area contributed by atoms with Crippen molar-refractivity contribution in [3.63, 3.8) is 0 Å². The van der Waals surface area contributed by atoms with Crippen molar-refractivity contribution < 1.29 is 0 Å². The molecular weight excluding hydrogens is 426 g/mol. The van der Waals surface area contributed by atoms with Crippen LogP contribution < -0.4 is 4.90 Å². The second kappa shape index (κ2) is 6.25. The highest BCUT2D eigenvalue weighted by atomic mass is 15.2. The minimum absolute atomic E-state index is 0.867. The van der Waals surface area contributed by atoms with Gasteiger partial charge in [0.1, 0.15) is 0 Å². The van der Waals surface area contributed by atoms with Crippen molar-refractivity contribution in [2.75, 3.05) is 4.90 Å². The lowest BCUT2D eigenvalue weighted by molar-refractivity contribution is 0.953. The molecule has 0 atom stereocenters. The summed E-state index contributed by atoms with van der Waals surface area (Å²) >= 11 is 0. The van der Waals surface area contributed by atoms with Crippen LogP contribution in [0.5, 0.6) is 0 Å². The van der Waals surface area contributed by atoms with Crippen molar-refractivity contribution >= 4 is 17.1 Å². The van der Waals surface area contributed by atoms with Crippen LogP contribution in [-0.4, -0.2) is 9.97 Å². The average molecular weight is 448 g/mol. The molecule has 3 heteroatoms. The van der Waals surface area contributed by atoms with E-state index in [0.29, 0.717) is 0 Å². The van der Waals surface area contributed by atoms with Gasteiger partial charge in [-0.2, -0.15) is 0 Å². The Morgan fingerprint density at radius 2 is 1.40 bits per heavy atom. The van der Waals surface area contributed by atoms with Gasteiger partial charge < -0.3 is 4.90 Å². The van der Waals surface area contributed by atoms with Crippen LogP contribution in [0.2, 0.25) is 0 Å². The lowest BCUT2D eigenvalue weighted by atomic mass is 9.84. The monoisotopic (exact) mass is 447 g/mol. The number of aromatic nitrogens is 2. The molecule has 0 amide bonds. The van der Waals surface area contributed by atoms with Crippen molar-refractivity contribution in [2.24, 2.45) is 0 Å². The number of rotatable bonds is 0. The summed E-state index contributed by atoms with van der Waals surface area (Å²) in [5.41, 5.74) is 20.7. The molecule has 2 aromatic heterocycles. The zero-order valence-corrected chi connectivity index (χ0v) is 19.2. The predicted molar refractivity (Wildman–Crippen MR) is 139 cm³/mol. The Balaban J connectivity index is 1.33. The van der Waals surface area contributed by atoms with Crippen LogP contribution in [0.25, 0.3) is 22.3 Å². The fourth-order valence-corrected chi connectivity index (χ4v) is 7.05. The van der Waals surface area contributed by atoms with E-state index in [4.69, 9.17) is 4.98 Å². The number of fused-ring (bicyclic) bond motifs is 12. The first-order chi connectivity index (χ1) is 17.3. The summed E-state index contributed by atoms with van der Waals surface area (Å²) in [6, 6.07) is 22.7. The Labute approximate surface area is 203 Å². The molecule has 35 heavy (non-hydrogen) atoms. The molecule has 3 aromatic carbocycles. The van der Waals surface area contributed by atoms with E-state index >= 15 is 0 Å². The molecule has 0 saturated carbocycles. The van der Waals surface area contributed by atoms with Gasteiger partial charge in [0, 0.05) is 25.2 Å². The van der Waals surface area contributed by atoms with Crippen LogP contribution in [-0.2, 0) is 25.7 Å². The fraction of sp³-hybridized carbons (Fsp3) is 0.125. The molecule has 0 saturated heterocycles. The minimum atomic E-state index is 0.867. The Kier molecular flexibility index (Phi) is 3.24. The van der Waals surface area contributed by atoms with Gasteiger partial charge in [-0.15, -0.1) is 0 Å². The highest BCUT2D eigenvalue weighted by molar-refractivity contribution is 5.97. The van der Waals surface area contributed by atoms with Crippen LogP contribution in [0.3, 0.4) is 0 Å². The Morgan fingerprint density at radius 1 is 0.571 bits per heavy atom. The van der Waals surface area contributed by atoms with Crippen molar-refractivity contribution in [3.05, 3.63) is 124 Å². The van der Waals surface area contributed by atoms with Gasteiger partial charge in [0.15, 0.2) is 0 Å². The van der Waals surface area contributed by atoms with E-state index in [9.17, 15) is 0 Å². The van der Waals surface area contributed by atoms with Crippen LogP contribution in [0.15, 0.2) is 79.3 Å². The topological polar surface area (TPSA) is 29.0 Å². The maximum atomic E-state index is 4.80. The van der Waals surface area contributed by atoms with Gasteiger partial charge in [0.25, 0.3) is 0 Å². The smallest absolute Gasteiger partial charge is 0.0716 e. The number of pyridine rings is 2. The molecule has 2 aliphatic carbocycles. The normalized spacial score (nSPS) is 14.9. The van der Waals surface area contributed by atoms with Crippen LogP contribution in [0.1, 0.15) is 44.6 Å². The molecule has 0 radical (unpaired) electrons. The molecule has 0 spiro atoms. The van der Waals surface area contributed by atoms with E-state index in [-0.39, 0.29) is 0 Å². The number of hydrogen-bond donors (Lipinski definition) is 0. The molecular formula is C32H21N3. The average Bonchev–Trinajstić information content (AvgIpc) is 3.47. The summed E-state index contributed by atoms with van der Waals surface area (Å²) in [7, 11) is 0. The Bertz CT molecular complexity index is 1760. The molecule has 9 rings (SSSR count). The predicted octanol–water partition coefficient (Wildman–Crippen LogP) is 6.90. The molecule has 2 aliphatic heterocycles. The van der Waals surface area contributed by atoms with Gasteiger partial charge in [0.2, 0.25) is 0 Å². The number of benzene rings is 3. The standard InChI is InChI=1S/C32H21N3/c1-2-4-23-18(3-1)14-25-24(23)7-5-20-13-21-6-8-28-26(31(21)30(20)25)15-22-10-12-34-27-16-19-9-11-33-17-29(19)35(28)32(22)27/h1-12,17H,13-16H2. The van der Waals surface area contributed by atoms with Crippen molar-refractivity contribution in [1.29, 1.82) is 0 Å². The molecule has 3 nitrogen and oxygen atoms in total. The minimum Gasteiger partial charge on any atom is -0.306 e. The quantitative estimate of drug-likeness (QED) is 0.253. The lowest BCUT2D eigenvalue weighted by Gasteiger charge is -2.39. The SMILES string of the molecule is c1ccc2c(c1)Cc1c-2ccc2c1-c1c(ccc3c1Cc1ccnc4c1N3c1cnccc1C4)C2. The summed E-state index contributed by atoms with van der Waals surface area (Å²) in [5, 5.41) is 0. The lowest BCUT2D eigenvalue weighted by Crippen LogP contribution is -2.26. The first-order valence-corrected chi connectivity index (χ1v) is 12.4.